The van der Waals surface area contributed by atoms with Gasteiger partial charge in [-0.25, -0.2) is 12.8 Å². The lowest BCUT2D eigenvalue weighted by Gasteiger charge is -2.38. The predicted octanol–water partition coefficient (Wildman–Crippen LogP) is 3.79. The maximum atomic E-state index is 14.4. The Morgan fingerprint density at radius 1 is 1.14 bits per heavy atom. The molecule has 1 N–H and O–H groups in total. The zero-order valence-corrected chi connectivity index (χ0v) is 21.0. The van der Waals surface area contributed by atoms with Crippen molar-refractivity contribution < 1.29 is 27.4 Å². The highest BCUT2D eigenvalue weighted by molar-refractivity contribution is 7.90. The zero-order chi connectivity index (χ0) is 25.1. The first kappa shape index (κ1) is 25.8. The molecular weight excluding hydrogens is 471 g/mol. The molecule has 1 saturated heterocycles. The van der Waals surface area contributed by atoms with Gasteiger partial charge in [0.25, 0.3) is 10.0 Å². The molecule has 0 saturated carbocycles. The molecule has 35 heavy (non-hydrogen) atoms. The van der Waals surface area contributed by atoms with E-state index in [1.165, 1.54) is 6.07 Å². The molecule has 9 heteroatoms. The molecule has 0 aromatic heterocycles. The van der Waals surface area contributed by atoms with Gasteiger partial charge >= 0.3 is 0 Å². The van der Waals surface area contributed by atoms with Crippen LogP contribution in [-0.4, -0.2) is 62.8 Å². The summed E-state index contributed by atoms with van der Waals surface area (Å²) in [5.41, 5.74) is 1.04. The molecule has 0 aliphatic carbocycles. The first-order chi connectivity index (χ1) is 16.7. The van der Waals surface area contributed by atoms with Crippen LogP contribution in [0.2, 0.25) is 0 Å². The van der Waals surface area contributed by atoms with E-state index in [2.05, 4.69) is 9.30 Å². The largest absolute Gasteiger partial charge is 0.472 e. The number of rotatable bonds is 8. The average molecular weight is 505 g/mol. The van der Waals surface area contributed by atoms with E-state index >= 15 is 0 Å². The minimum atomic E-state index is -3.95. The highest BCUT2D eigenvalue weighted by Crippen LogP contribution is 2.42. The molecule has 2 atom stereocenters. The van der Waals surface area contributed by atoms with Gasteiger partial charge in [0, 0.05) is 32.7 Å². The Bertz CT molecular complexity index is 1140. The van der Waals surface area contributed by atoms with E-state index in [0.717, 1.165) is 38.4 Å². The van der Waals surface area contributed by atoms with Crippen molar-refractivity contribution in [3.05, 3.63) is 71.0 Å². The summed E-state index contributed by atoms with van der Waals surface area (Å²) in [6.07, 6.45) is 0.340. The molecule has 2 aromatic rings. The SMILES string of the molecule is CC1(C)OC(C[C@@H](CCO)c2ccccc2F)=NS(=O)(=O)C1c1ccc(CN2CCOCC2)cc1. The molecule has 0 amide bonds. The Morgan fingerprint density at radius 3 is 2.46 bits per heavy atom. The van der Waals surface area contributed by atoms with Gasteiger partial charge in [-0.05, 0) is 48.9 Å². The number of morpholine rings is 1. The van der Waals surface area contributed by atoms with Gasteiger partial charge in [-0.3, -0.25) is 4.90 Å². The topological polar surface area (TPSA) is 88.4 Å². The summed E-state index contributed by atoms with van der Waals surface area (Å²) < 4.78 is 56.6. The number of benzene rings is 2. The van der Waals surface area contributed by atoms with Gasteiger partial charge in [0.2, 0.25) is 5.90 Å². The molecule has 1 unspecified atom stereocenters. The molecule has 2 aliphatic heterocycles. The van der Waals surface area contributed by atoms with Crippen molar-refractivity contribution in [2.75, 3.05) is 32.9 Å². The lowest BCUT2D eigenvalue weighted by Crippen LogP contribution is -2.43. The molecule has 2 aromatic carbocycles. The molecule has 0 spiro atoms. The summed E-state index contributed by atoms with van der Waals surface area (Å²) in [5, 5.41) is 8.54. The third kappa shape index (κ3) is 6.09. The summed E-state index contributed by atoms with van der Waals surface area (Å²) in [7, 11) is -3.95. The molecule has 4 rings (SSSR count). The van der Waals surface area contributed by atoms with Crippen LogP contribution in [0.15, 0.2) is 52.9 Å². The van der Waals surface area contributed by atoms with Crippen LogP contribution in [-0.2, 0) is 26.0 Å². The molecule has 1 fully saturated rings. The highest BCUT2D eigenvalue weighted by Gasteiger charge is 2.47. The second-order valence-electron chi connectivity index (χ2n) is 9.65. The van der Waals surface area contributed by atoms with E-state index in [0.29, 0.717) is 11.1 Å². The van der Waals surface area contributed by atoms with E-state index in [1.807, 2.05) is 24.3 Å². The summed E-state index contributed by atoms with van der Waals surface area (Å²) in [6.45, 7) is 7.28. The Hall–Kier alpha value is -2.33. The highest BCUT2D eigenvalue weighted by atomic mass is 32.2. The Kier molecular flexibility index (Phi) is 7.90. The third-order valence-corrected chi connectivity index (χ3v) is 8.47. The van der Waals surface area contributed by atoms with Crippen molar-refractivity contribution in [3.8, 4) is 0 Å². The van der Waals surface area contributed by atoms with Crippen LogP contribution in [0.3, 0.4) is 0 Å². The third-order valence-electron chi connectivity index (χ3n) is 6.58. The van der Waals surface area contributed by atoms with Gasteiger partial charge in [0.1, 0.15) is 16.7 Å². The van der Waals surface area contributed by atoms with E-state index in [-0.39, 0.29) is 25.3 Å². The average Bonchev–Trinajstić information content (AvgIpc) is 2.79. The van der Waals surface area contributed by atoms with Crippen molar-refractivity contribution >= 4 is 15.9 Å². The number of nitrogens with zero attached hydrogens (tertiary/aromatic N) is 2. The number of sulfonamides is 1. The maximum Gasteiger partial charge on any atom is 0.267 e. The minimum Gasteiger partial charge on any atom is -0.472 e. The van der Waals surface area contributed by atoms with E-state index in [4.69, 9.17) is 9.47 Å². The summed E-state index contributed by atoms with van der Waals surface area (Å²) in [5.74, 6) is -0.821. The summed E-state index contributed by atoms with van der Waals surface area (Å²) >= 11 is 0. The van der Waals surface area contributed by atoms with Gasteiger partial charge in [-0.2, -0.15) is 0 Å². The molecular formula is C26H33FN2O5S. The van der Waals surface area contributed by atoms with Gasteiger partial charge < -0.3 is 14.6 Å². The van der Waals surface area contributed by atoms with Gasteiger partial charge in [-0.1, -0.05) is 42.5 Å². The number of ether oxygens (including phenoxy) is 2. The van der Waals surface area contributed by atoms with Crippen molar-refractivity contribution in [1.82, 2.24) is 4.90 Å². The van der Waals surface area contributed by atoms with Crippen molar-refractivity contribution in [1.29, 1.82) is 0 Å². The van der Waals surface area contributed by atoms with Crippen molar-refractivity contribution in [3.63, 3.8) is 0 Å². The summed E-state index contributed by atoms with van der Waals surface area (Å²) in [6, 6.07) is 13.9. The fourth-order valence-electron chi connectivity index (χ4n) is 4.94. The van der Waals surface area contributed by atoms with E-state index < -0.39 is 32.6 Å². The normalized spacial score (nSPS) is 22.7. The van der Waals surface area contributed by atoms with Crippen LogP contribution in [0.1, 0.15) is 54.5 Å². The number of aliphatic hydroxyl groups excluding tert-OH is 1. The fraction of sp³-hybridized carbons (Fsp3) is 0.500. The lowest BCUT2D eigenvalue weighted by molar-refractivity contribution is 0.0342. The number of hydrogen-bond donors (Lipinski definition) is 1. The fourth-order valence-corrected chi connectivity index (χ4v) is 6.70. The molecule has 7 nitrogen and oxygen atoms in total. The molecule has 2 heterocycles. The zero-order valence-electron chi connectivity index (χ0n) is 20.2. The van der Waals surface area contributed by atoms with Crippen LogP contribution in [0.25, 0.3) is 0 Å². The van der Waals surface area contributed by atoms with Crippen LogP contribution in [0.4, 0.5) is 4.39 Å². The van der Waals surface area contributed by atoms with E-state index in [9.17, 15) is 17.9 Å². The number of hydrogen-bond acceptors (Lipinski definition) is 6. The second-order valence-corrected chi connectivity index (χ2v) is 11.3. The first-order valence-electron chi connectivity index (χ1n) is 12.0. The monoisotopic (exact) mass is 504 g/mol. The molecule has 0 radical (unpaired) electrons. The smallest absolute Gasteiger partial charge is 0.267 e. The van der Waals surface area contributed by atoms with Gasteiger partial charge in [0.15, 0.2) is 0 Å². The van der Waals surface area contributed by atoms with Crippen LogP contribution in [0, 0.1) is 5.82 Å². The van der Waals surface area contributed by atoms with Crippen molar-refractivity contribution in [2.45, 2.75) is 50.0 Å². The van der Waals surface area contributed by atoms with Gasteiger partial charge in [-0.15, -0.1) is 4.40 Å². The Balaban J connectivity index is 1.55. The van der Waals surface area contributed by atoms with Crippen LogP contribution in [0.5, 0.6) is 0 Å². The molecule has 2 aliphatic rings. The number of aliphatic hydroxyl groups is 1. The Morgan fingerprint density at radius 2 is 1.83 bits per heavy atom. The van der Waals surface area contributed by atoms with Gasteiger partial charge in [0.05, 0.1) is 13.2 Å². The molecule has 0 bridgehead atoms. The first-order valence-corrected chi connectivity index (χ1v) is 13.5. The predicted molar refractivity (Wildman–Crippen MR) is 132 cm³/mol. The number of halogens is 1. The van der Waals surface area contributed by atoms with Crippen LogP contribution >= 0.6 is 0 Å². The van der Waals surface area contributed by atoms with Crippen LogP contribution < -0.4 is 0 Å². The molecule has 190 valence electrons. The minimum absolute atomic E-state index is 0.0388. The van der Waals surface area contributed by atoms with E-state index in [1.54, 1.807) is 32.0 Å². The standard InChI is InChI=1S/C26H33FN2O5S/c1-26(2)25(20-9-7-19(8-10-20)18-29-12-15-33-16-13-29)35(31,32)28-24(34-26)17-21(11-14-30)22-5-3-4-6-23(22)27/h3-10,21,25,30H,11-18H2,1-2H3/t21-,25?/m1/s1. The lowest BCUT2D eigenvalue weighted by atomic mass is 9.91. The second kappa shape index (κ2) is 10.7. The quantitative estimate of drug-likeness (QED) is 0.589. The van der Waals surface area contributed by atoms with Crippen molar-refractivity contribution in [2.24, 2.45) is 4.40 Å². The summed E-state index contributed by atoms with van der Waals surface area (Å²) in [4.78, 5) is 2.30. The Labute approximate surface area is 206 Å². The maximum absolute atomic E-state index is 14.4.